The lowest BCUT2D eigenvalue weighted by Gasteiger charge is -2.34. The first-order valence-corrected chi connectivity index (χ1v) is 6.01. The van der Waals surface area contributed by atoms with Gasteiger partial charge in [0.05, 0.1) is 15.3 Å². The Morgan fingerprint density at radius 3 is 2.69 bits per heavy atom. The largest absolute Gasteiger partial charge is 0.198 e. The van der Waals surface area contributed by atoms with Crippen LogP contribution in [0.2, 0.25) is 0 Å². The van der Waals surface area contributed by atoms with Gasteiger partial charge in [-0.15, -0.1) is 11.3 Å². The summed E-state index contributed by atoms with van der Waals surface area (Å²) in [6.07, 6.45) is 4.33. The van der Waals surface area contributed by atoms with Crippen LogP contribution >= 0.6 is 27.3 Å². The molecule has 3 heteroatoms. The van der Waals surface area contributed by atoms with Crippen molar-refractivity contribution in [2.75, 3.05) is 0 Å². The van der Waals surface area contributed by atoms with E-state index in [1.807, 2.05) is 0 Å². The third kappa shape index (κ3) is 1.79. The Morgan fingerprint density at radius 2 is 2.31 bits per heavy atom. The molecule has 0 N–H and O–H groups in total. The Kier molecular flexibility index (Phi) is 2.44. The number of hydrogen-bond donors (Lipinski definition) is 0. The zero-order valence-electron chi connectivity index (χ0n) is 7.22. The van der Waals surface area contributed by atoms with Gasteiger partial charge in [0, 0.05) is 11.3 Å². The molecule has 0 bridgehead atoms. The highest BCUT2D eigenvalue weighted by Crippen LogP contribution is 2.44. The average Bonchev–Trinajstić information content (AvgIpc) is 2.44. The standard InChI is InChI=1S/C10H10BrNS/c11-9-3-2-8(13-9)6-10(7-12)4-1-5-10/h2-3H,1,4-6H2. The van der Waals surface area contributed by atoms with Gasteiger partial charge in [-0.05, 0) is 40.9 Å². The molecule has 1 heterocycles. The Morgan fingerprint density at radius 1 is 1.54 bits per heavy atom. The van der Waals surface area contributed by atoms with Crippen LogP contribution in [-0.2, 0) is 6.42 Å². The van der Waals surface area contributed by atoms with Gasteiger partial charge >= 0.3 is 0 Å². The molecule has 1 saturated carbocycles. The first-order valence-electron chi connectivity index (χ1n) is 4.40. The molecule has 1 nitrogen and oxygen atoms in total. The molecule has 1 fully saturated rings. The highest BCUT2D eigenvalue weighted by atomic mass is 79.9. The topological polar surface area (TPSA) is 23.8 Å². The summed E-state index contributed by atoms with van der Waals surface area (Å²) in [5.41, 5.74) is -0.0235. The summed E-state index contributed by atoms with van der Waals surface area (Å²) in [6.45, 7) is 0. The van der Waals surface area contributed by atoms with Gasteiger partial charge in [-0.25, -0.2) is 0 Å². The molecule has 13 heavy (non-hydrogen) atoms. The number of nitriles is 1. The summed E-state index contributed by atoms with van der Waals surface area (Å²) in [6, 6.07) is 6.64. The summed E-state index contributed by atoms with van der Waals surface area (Å²) in [4.78, 5) is 1.33. The van der Waals surface area contributed by atoms with E-state index >= 15 is 0 Å². The second kappa shape index (κ2) is 3.43. The summed E-state index contributed by atoms with van der Waals surface area (Å²) in [5.74, 6) is 0. The minimum Gasteiger partial charge on any atom is -0.198 e. The molecule has 0 unspecified atom stereocenters. The Hall–Kier alpha value is -0.330. The molecule has 2 rings (SSSR count). The highest BCUT2D eigenvalue weighted by molar-refractivity contribution is 9.11. The molecule has 0 atom stereocenters. The molecule has 1 aromatic rings. The Bertz CT molecular complexity index is 346. The van der Waals surface area contributed by atoms with Crippen LogP contribution in [-0.4, -0.2) is 0 Å². The van der Waals surface area contributed by atoms with Crippen LogP contribution < -0.4 is 0 Å². The molecule has 0 amide bonds. The predicted octanol–water partition coefficient (Wildman–Crippen LogP) is 3.75. The van der Waals surface area contributed by atoms with Gasteiger partial charge in [0.15, 0.2) is 0 Å². The maximum absolute atomic E-state index is 9.05. The molecule has 68 valence electrons. The van der Waals surface area contributed by atoms with E-state index in [-0.39, 0.29) is 5.41 Å². The van der Waals surface area contributed by atoms with Crippen LogP contribution in [0.3, 0.4) is 0 Å². The van der Waals surface area contributed by atoms with Gasteiger partial charge in [0.1, 0.15) is 0 Å². The maximum atomic E-state index is 9.05. The van der Waals surface area contributed by atoms with Crippen molar-refractivity contribution >= 4 is 27.3 Å². The monoisotopic (exact) mass is 255 g/mol. The third-order valence-electron chi connectivity index (χ3n) is 2.69. The van der Waals surface area contributed by atoms with E-state index < -0.39 is 0 Å². The lowest BCUT2D eigenvalue weighted by atomic mass is 9.67. The van der Waals surface area contributed by atoms with Crippen molar-refractivity contribution in [1.82, 2.24) is 0 Å². The quantitative estimate of drug-likeness (QED) is 0.790. The van der Waals surface area contributed by atoms with E-state index in [2.05, 4.69) is 34.1 Å². The third-order valence-corrected chi connectivity index (χ3v) is 4.31. The molecule has 0 aromatic carbocycles. The molecule has 1 aliphatic rings. The number of nitrogens with zero attached hydrogens (tertiary/aromatic N) is 1. The van der Waals surface area contributed by atoms with Crippen LogP contribution in [0.15, 0.2) is 15.9 Å². The van der Waals surface area contributed by atoms with Gasteiger partial charge in [-0.1, -0.05) is 6.42 Å². The van der Waals surface area contributed by atoms with Crippen LogP contribution in [0.25, 0.3) is 0 Å². The zero-order chi connectivity index (χ0) is 9.31. The zero-order valence-corrected chi connectivity index (χ0v) is 9.62. The van der Waals surface area contributed by atoms with Crippen molar-refractivity contribution in [3.63, 3.8) is 0 Å². The minimum atomic E-state index is -0.0235. The van der Waals surface area contributed by atoms with Crippen molar-refractivity contribution in [2.45, 2.75) is 25.7 Å². The molecule has 0 radical (unpaired) electrons. The van der Waals surface area contributed by atoms with Crippen LogP contribution in [0.4, 0.5) is 0 Å². The molecular formula is C10H10BrNS. The molecule has 1 aromatic heterocycles. The number of thiophene rings is 1. The van der Waals surface area contributed by atoms with E-state index in [0.29, 0.717) is 0 Å². The van der Waals surface area contributed by atoms with Crippen molar-refractivity contribution in [2.24, 2.45) is 5.41 Å². The first-order chi connectivity index (χ1) is 6.24. The fourth-order valence-electron chi connectivity index (χ4n) is 1.71. The summed E-state index contributed by atoms with van der Waals surface area (Å²) in [5, 5.41) is 9.05. The van der Waals surface area contributed by atoms with Crippen molar-refractivity contribution in [3.8, 4) is 6.07 Å². The van der Waals surface area contributed by atoms with Gasteiger partial charge in [0.2, 0.25) is 0 Å². The van der Waals surface area contributed by atoms with Gasteiger partial charge < -0.3 is 0 Å². The first kappa shape index (κ1) is 9.23. The van der Waals surface area contributed by atoms with E-state index in [0.717, 1.165) is 23.0 Å². The maximum Gasteiger partial charge on any atom is 0.0701 e. The van der Waals surface area contributed by atoms with E-state index in [1.54, 1.807) is 11.3 Å². The number of hydrogen-bond acceptors (Lipinski definition) is 2. The second-order valence-electron chi connectivity index (χ2n) is 3.63. The lowest BCUT2D eigenvalue weighted by Crippen LogP contribution is -2.29. The molecule has 0 aliphatic heterocycles. The van der Waals surface area contributed by atoms with Gasteiger partial charge in [-0.2, -0.15) is 5.26 Å². The van der Waals surface area contributed by atoms with Gasteiger partial charge in [0.25, 0.3) is 0 Å². The summed E-state index contributed by atoms with van der Waals surface area (Å²) in [7, 11) is 0. The van der Waals surface area contributed by atoms with Crippen LogP contribution in [0.1, 0.15) is 24.1 Å². The molecule has 0 saturated heterocycles. The predicted molar refractivity (Wildman–Crippen MR) is 57.6 cm³/mol. The van der Waals surface area contributed by atoms with E-state index in [1.165, 1.54) is 11.3 Å². The average molecular weight is 256 g/mol. The molecular weight excluding hydrogens is 246 g/mol. The van der Waals surface area contributed by atoms with E-state index in [4.69, 9.17) is 5.26 Å². The Balaban J connectivity index is 2.09. The number of halogens is 1. The summed E-state index contributed by atoms with van der Waals surface area (Å²) >= 11 is 5.18. The second-order valence-corrected chi connectivity index (χ2v) is 6.18. The minimum absolute atomic E-state index is 0.0235. The Labute approximate surface area is 90.5 Å². The van der Waals surface area contributed by atoms with Crippen molar-refractivity contribution < 1.29 is 0 Å². The fourth-order valence-corrected chi connectivity index (χ4v) is 3.34. The van der Waals surface area contributed by atoms with Crippen LogP contribution in [0.5, 0.6) is 0 Å². The van der Waals surface area contributed by atoms with E-state index in [9.17, 15) is 0 Å². The van der Waals surface area contributed by atoms with Crippen molar-refractivity contribution in [3.05, 3.63) is 20.8 Å². The fraction of sp³-hybridized carbons (Fsp3) is 0.500. The highest BCUT2D eigenvalue weighted by Gasteiger charge is 2.37. The van der Waals surface area contributed by atoms with Crippen LogP contribution in [0, 0.1) is 16.7 Å². The summed E-state index contributed by atoms with van der Waals surface area (Å²) < 4.78 is 1.16. The lowest BCUT2D eigenvalue weighted by molar-refractivity contribution is 0.215. The normalized spacial score (nSPS) is 19.1. The molecule has 0 spiro atoms. The molecule has 1 aliphatic carbocycles. The van der Waals surface area contributed by atoms with Crippen molar-refractivity contribution in [1.29, 1.82) is 5.26 Å². The number of rotatable bonds is 2. The van der Waals surface area contributed by atoms with Gasteiger partial charge in [-0.3, -0.25) is 0 Å². The SMILES string of the molecule is N#CC1(Cc2ccc(Br)s2)CCC1. The smallest absolute Gasteiger partial charge is 0.0701 e.